The maximum Gasteiger partial charge on any atom is 0.230 e. The molecule has 1 amide bonds. The predicted molar refractivity (Wildman–Crippen MR) is 98.2 cm³/mol. The van der Waals surface area contributed by atoms with E-state index >= 15 is 0 Å². The van der Waals surface area contributed by atoms with Crippen molar-refractivity contribution in [2.45, 2.75) is 13.3 Å². The number of amides is 1. The van der Waals surface area contributed by atoms with Crippen molar-refractivity contribution in [1.82, 2.24) is 4.98 Å². The van der Waals surface area contributed by atoms with Crippen molar-refractivity contribution in [3.8, 4) is 11.5 Å². The minimum atomic E-state index is -0.113. The molecule has 0 bridgehead atoms. The molecular weight excluding hydrogens is 403 g/mol. The maximum atomic E-state index is 12.1. The summed E-state index contributed by atoms with van der Waals surface area (Å²) in [6, 6.07) is 15.5. The first-order chi connectivity index (χ1) is 11.1. The van der Waals surface area contributed by atoms with Crippen LogP contribution in [0.4, 0.5) is 5.69 Å². The van der Waals surface area contributed by atoms with E-state index in [-0.39, 0.29) is 12.3 Å². The van der Waals surface area contributed by atoms with Crippen molar-refractivity contribution < 1.29 is 9.21 Å². The van der Waals surface area contributed by atoms with Gasteiger partial charge >= 0.3 is 0 Å². The number of carbonyl (C=O) groups excluding carboxylic acids is 1. The molecule has 1 aromatic heterocycles. The zero-order valence-corrected chi connectivity index (χ0v) is 14.7. The van der Waals surface area contributed by atoms with E-state index in [0.29, 0.717) is 11.6 Å². The van der Waals surface area contributed by atoms with Crippen LogP contribution in [0.1, 0.15) is 11.3 Å². The number of oxazole rings is 1. The highest BCUT2D eigenvalue weighted by molar-refractivity contribution is 14.1. The molecule has 4 nitrogen and oxygen atoms in total. The molecule has 116 valence electrons. The van der Waals surface area contributed by atoms with Gasteiger partial charge < -0.3 is 9.73 Å². The van der Waals surface area contributed by atoms with Crippen molar-refractivity contribution >= 4 is 34.2 Å². The third kappa shape index (κ3) is 3.98. The second-order valence-corrected chi connectivity index (χ2v) is 6.36. The Morgan fingerprint density at radius 1 is 1.22 bits per heavy atom. The topological polar surface area (TPSA) is 55.1 Å². The summed E-state index contributed by atoms with van der Waals surface area (Å²) in [4.78, 5) is 16.5. The number of anilines is 1. The lowest BCUT2D eigenvalue weighted by Crippen LogP contribution is -2.14. The van der Waals surface area contributed by atoms with E-state index < -0.39 is 0 Å². The fourth-order valence-corrected chi connectivity index (χ4v) is 2.66. The molecule has 0 saturated carbocycles. The highest BCUT2D eigenvalue weighted by atomic mass is 127. The minimum Gasteiger partial charge on any atom is -0.444 e. The van der Waals surface area contributed by atoms with E-state index in [9.17, 15) is 4.79 Å². The van der Waals surface area contributed by atoms with Crippen LogP contribution in [0, 0.1) is 10.5 Å². The molecule has 23 heavy (non-hydrogen) atoms. The van der Waals surface area contributed by atoms with Crippen molar-refractivity contribution in [3.63, 3.8) is 0 Å². The van der Waals surface area contributed by atoms with Gasteiger partial charge in [-0.05, 0) is 59.3 Å². The van der Waals surface area contributed by atoms with E-state index in [2.05, 4.69) is 32.9 Å². The van der Waals surface area contributed by atoms with E-state index in [4.69, 9.17) is 4.42 Å². The van der Waals surface area contributed by atoms with Gasteiger partial charge in [-0.15, -0.1) is 0 Å². The summed E-state index contributed by atoms with van der Waals surface area (Å²) in [7, 11) is 0. The smallest absolute Gasteiger partial charge is 0.230 e. The lowest BCUT2D eigenvalue weighted by molar-refractivity contribution is -0.115. The first kappa shape index (κ1) is 15.7. The summed E-state index contributed by atoms with van der Waals surface area (Å²) in [5, 5.41) is 2.88. The molecule has 5 heteroatoms. The Balaban J connectivity index is 1.66. The van der Waals surface area contributed by atoms with Crippen molar-refractivity contribution in [3.05, 3.63) is 69.6 Å². The SMILES string of the molecule is Cc1ccc(NC(=O)Cc2coc(-c3ccccc3)n2)cc1I. The summed E-state index contributed by atoms with van der Waals surface area (Å²) >= 11 is 2.25. The predicted octanol–water partition coefficient (Wildman–Crippen LogP) is 4.44. The Morgan fingerprint density at radius 2 is 2.00 bits per heavy atom. The molecule has 0 spiro atoms. The number of nitrogens with one attached hydrogen (secondary N) is 1. The van der Waals surface area contributed by atoms with Crippen LogP contribution in [0.25, 0.3) is 11.5 Å². The van der Waals surface area contributed by atoms with Crippen LogP contribution < -0.4 is 5.32 Å². The fourth-order valence-electron chi connectivity index (χ4n) is 2.14. The molecule has 0 unspecified atom stereocenters. The van der Waals surface area contributed by atoms with Crippen LogP contribution in [-0.4, -0.2) is 10.9 Å². The number of nitrogens with zero attached hydrogens (tertiary/aromatic N) is 1. The number of carbonyl (C=O) groups is 1. The summed E-state index contributed by atoms with van der Waals surface area (Å²) < 4.78 is 6.56. The molecule has 0 fully saturated rings. The lowest BCUT2D eigenvalue weighted by atomic mass is 10.2. The quantitative estimate of drug-likeness (QED) is 0.638. The zero-order chi connectivity index (χ0) is 16.2. The number of halogens is 1. The first-order valence-corrected chi connectivity index (χ1v) is 8.25. The Hall–Kier alpha value is -2.15. The molecule has 0 saturated heterocycles. The van der Waals surface area contributed by atoms with Crippen molar-refractivity contribution in [2.75, 3.05) is 5.32 Å². The van der Waals surface area contributed by atoms with Gasteiger partial charge in [-0.25, -0.2) is 4.98 Å². The van der Waals surface area contributed by atoms with Gasteiger partial charge in [0.05, 0.1) is 12.1 Å². The summed E-state index contributed by atoms with van der Waals surface area (Å²) in [5.74, 6) is 0.413. The molecule has 1 N–H and O–H groups in total. The fraction of sp³-hybridized carbons (Fsp3) is 0.111. The number of hydrogen-bond acceptors (Lipinski definition) is 3. The van der Waals surface area contributed by atoms with Gasteiger partial charge in [-0.3, -0.25) is 4.79 Å². The molecule has 1 heterocycles. The molecule has 2 aromatic carbocycles. The van der Waals surface area contributed by atoms with Gasteiger partial charge in [-0.2, -0.15) is 0 Å². The lowest BCUT2D eigenvalue weighted by Gasteiger charge is -2.06. The Kier molecular flexibility index (Phi) is 4.76. The second-order valence-electron chi connectivity index (χ2n) is 5.20. The number of aromatic nitrogens is 1. The molecule has 0 aliphatic rings. The van der Waals surface area contributed by atoms with Gasteiger partial charge in [0, 0.05) is 14.8 Å². The zero-order valence-electron chi connectivity index (χ0n) is 12.5. The highest BCUT2D eigenvalue weighted by Gasteiger charge is 2.11. The number of rotatable bonds is 4. The molecule has 3 rings (SSSR count). The van der Waals surface area contributed by atoms with Crippen LogP contribution in [-0.2, 0) is 11.2 Å². The van der Waals surface area contributed by atoms with Gasteiger partial charge in [0.2, 0.25) is 11.8 Å². The van der Waals surface area contributed by atoms with Crippen molar-refractivity contribution in [1.29, 1.82) is 0 Å². The summed E-state index contributed by atoms with van der Waals surface area (Å²) in [6.45, 7) is 2.04. The highest BCUT2D eigenvalue weighted by Crippen LogP contribution is 2.19. The van der Waals surface area contributed by atoms with Gasteiger partial charge in [0.25, 0.3) is 0 Å². The van der Waals surface area contributed by atoms with Crippen LogP contribution in [0.15, 0.2) is 59.2 Å². The van der Waals surface area contributed by atoms with Crippen LogP contribution in [0.5, 0.6) is 0 Å². The summed E-state index contributed by atoms with van der Waals surface area (Å²) in [6.07, 6.45) is 1.71. The molecular formula is C18H15IN2O2. The van der Waals surface area contributed by atoms with Crippen LogP contribution in [0.2, 0.25) is 0 Å². The standard InChI is InChI=1S/C18H15IN2O2/c1-12-7-8-14(9-16(12)19)20-17(22)10-15-11-23-18(21-15)13-5-3-2-4-6-13/h2-9,11H,10H2,1H3,(H,20,22). The summed E-state index contributed by atoms with van der Waals surface area (Å²) in [5.41, 5.74) is 3.49. The molecule has 0 atom stereocenters. The maximum absolute atomic E-state index is 12.1. The average Bonchev–Trinajstić information content (AvgIpc) is 3.00. The molecule has 0 radical (unpaired) electrons. The van der Waals surface area contributed by atoms with E-state index in [1.807, 2.05) is 55.5 Å². The normalized spacial score (nSPS) is 10.5. The first-order valence-electron chi connectivity index (χ1n) is 7.17. The Morgan fingerprint density at radius 3 is 2.74 bits per heavy atom. The third-order valence-corrected chi connectivity index (χ3v) is 4.53. The largest absolute Gasteiger partial charge is 0.444 e. The van der Waals surface area contributed by atoms with Gasteiger partial charge in [0.15, 0.2) is 0 Å². The number of aryl methyl sites for hydroxylation is 1. The second kappa shape index (κ2) is 6.95. The monoisotopic (exact) mass is 418 g/mol. The van der Waals surface area contributed by atoms with E-state index in [1.54, 1.807) is 0 Å². The van der Waals surface area contributed by atoms with Gasteiger partial charge in [-0.1, -0.05) is 24.3 Å². The van der Waals surface area contributed by atoms with Crippen molar-refractivity contribution in [2.24, 2.45) is 0 Å². The number of hydrogen-bond donors (Lipinski definition) is 1. The molecule has 0 aliphatic carbocycles. The average molecular weight is 418 g/mol. The minimum absolute atomic E-state index is 0.113. The van der Waals surface area contributed by atoms with Gasteiger partial charge in [0.1, 0.15) is 6.26 Å². The third-order valence-electron chi connectivity index (χ3n) is 3.37. The Labute approximate surface area is 148 Å². The molecule has 0 aliphatic heterocycles. The number of benzene rings is 2. The van der Waals surface area contributed by atoms with Crippen LogP contribution >= 0.6 is 22.6 Å². The Bertz CT molecular complexity index is 828. The van der Waals surface area contributed by atoms with E-state index in [1.165, 1.54) is 11.8 Å². The van der Waals surface area contributed by atoms with Crippen LogP contribution in [0.3, 0.4) is 0 Å². The van der Waals surface area contributed by atoms with E-state index in [0.717, 1.165) is 14.8 Å². The molecule has 3 aromatic rings.